The average molecular weight is 418 g/mol. The van der Waals surface area contributed by atoms with E-state index in [1.807, 2.05) is 24.3 Å². The molecule has 6 nitrogen and oxygen atoms in total. The average Bonchev–Trinajstić information content (AvgIpc) is 2.70. The Morgan fingerprint density at radius 3 is 2.54 bits per heavy atom. The summed E-state index contributed by atoms with van der Waals surface area (Å²) < 4.78 is 33.4. The highest BCUT2D eigenvalue weighted by atomic mass is 35.5. The van der Waals surface area contributed by atoms with Crippen LogP contribution in [0.15, 0.2) is 53.6 Å². The zero-order chi connectivity index (χ0) is 19.7. The zero-order valence-electron chi connectivity index (χ0n) is 15.4. The molecule has 0 saturated carbocycles. The van der Waals surface area contributed by atoms with Crippen LogP contribution in [0.5, 0.6) is 5.88 Å². The van der Waals surface area contributed by atoms with E-state index < -0.39 is 10.0 Å². The second kappa shape index (κ2) is 7.66. The van der Waals surface area contributed by atoms with Crippen LogP contribution in [-0.4, -0.2) is 41.9 Å². The molecule has 4 rings (SSSR count). The van der Waals surface area contributed by atoms with Gasteiger partial charge in [0.2, 0.25) is 15.9 Å². The van der Waals surface area contributed by atoms with E-state index in [9.17, 15) is 8.42 Å². The third kappa shape index (κ3) is 3.70. The van der Waals surface area contributed by atoms with Crippen LogP contribution in [0.4, 0.5) is 0 Å². The number of hydrogen-bond donors (Lipinski definition) is 0. The number of nitrogens with zero attached hydrogens (tertiary/aromatic N) is 3. The molecule has 1 saturated heterocycles. The van der Waals surface area contributed by atoms with Crippen LogP contribution in [0.1, 0.15) is 18.4 Å². The van der Waals surface area contributed by atoms with Crippen molar-refractivity contribution in [1.82, 2.24) is 14.3 Å². The van der Waals surface area contributed by atoms with Crippen molar-refractivity contribution in [2.45, 2.75) is 30.8 Å². The SMILES string of the molecule is Cc1c(Cl)cccc1S(=O)(=O)N1CCC(Oc2cnc3ccccc3n2)CC1. The van der Waals surface area contributed by atoms with E-state index >= 15 is 0 Å². The number of fused-ring (bicyclic) bond motifs is 1. The number of hydrogen-bond acceptors (Lipinski definition) is 5. The van der Waals surface area contributed by atoms with Gasteiger partial charge in [-0.3, -0.25) is 0 Å². The summed E-state index contributed by atoms with van der Waals surface area (Å²) in [4.78, 5) is 9.09. The van der Waals surface area contributed by atoms with Gasteiger partial charge >= 0.3 is 0 Å². The summed E-state index contributed by atoms with van der Waals surface area (Å²) >= 11 is 6.10. The number of para-hydroxylation sites is 2. The van der Waals surface area contributed by atoms with Gasteiger partial charge in [0.05, 0.1) is 22.1 Å². The molecule has 0 amide bonds. The first-order chi connectivity index (χ1) is 13.4. The van der Waals surface area contributed by atoms with Gasteiger partial charge in [0.25, 0.3) is 0 Å². The van der Waals surface area contributed by atoms with Crippen molar-refractivity contribution < 1.29 is 13.2 Å². The molecule has 146 valence electrons. The molecular weight excluding hydrogens is 398 g/mol. The third-order valence-corrected chi connectivity index (χ3v) is 7.40. The Labute approximate surface area is 169 Å². The van der Waals surface area contributed by atoms with Crippen molar-refractivity contribution >= 4 is 32.7 Å². The first-order valence-electron chi connectivity index (χ1n) is 9.09. The highest BCUT2D eigenvalue weighted by Gasteiger charge is 2.31. The van der Waals surface area contributed by atoms with Gasteiger partial charge in [0, 0.05) is 18.1 Å². The molecule has 0 spiro atoms. The second-order valence-electron chi connectivity index (χ2n) is 6.78. The molecule has 1 aliphatic heterocycles. The number of halogens is 1. The smallest absolute Gasteiger partial charge is 0.243 e. The number of piperidine rings is 1. The Bertz CT molecular complexity index is 1110. The zero-order valence-corrected chi connectivity index (χ0v) is 16.9. The molecule has 8 heteroatoms. The minimum atomic E-state index is -3.57. The fraction of sp³-hybridized carbons (Fsp3) is 0.300. The van der Waals surface area contributed by atoms with E-state index in [1.54, 1.807) is 31.3 Å². The van der Waals surface area contributed by atoms with E-state index in [0.717, 1.165) is 11.0 Å². The van der Waals surface area contributed by atoms with Crippen LogP contribution >= 0.6 is 11.6 Å². The fourth-order valence-corrected chi connectivity index (χ4v) is 5.31. The van der Waals surface area contributed by atoms with Gasteiger partial charge in [-0.2, -0.15) is 4.31 Å². The van der Waals surface area contributed by atoms with Crippen molar-refractivity contribution in [2.75, 3.05) is 13.1 Å². The highest BCUT2D eigenvalue weighted by Crippen LogP contribution is 2.28. The lowest BCUT2D eigenvalue weighted by atomic mass is 10.1. The van der Waals surface area contributed by atoms with E-state index in [1.165, 1.54) is 4.31 Å². The molecule has 1 aliphatic rings. The van der Waals surface area contributed by atoms with Gasteiger partial charge in [0.1, 0.15) is 6.10 Å². The summed E-state index contributed by atoms with van der Waals surface area (Å²) in [5, 5.41) is 0.453. The minimum Gasteiger partial charge on any atom is -0.473 e. The van der Waals surface area contributed by atoms with Crippen LogP contribution in [0.2, 0.25) is 5.02 Å². The van der Waals surface area contributed by atoms with E-state index in [0.29, 0.717) is 42.4 Å². The van der Waals surface area contributed by atoms with Crippen molar-refractivity contribution in [3.8, 4) is 5.88 Å². The van der Waals surface area contributed by atoms with Crippen LogP contribution in [-0.2, 0) is 10.0 Å². The monoisotopic (exact) mass is 417 g/mol. The quantitative estimate of drug-likeness (QED) is 0.645. The number of benzene rings is 2. The summed E-state index contributed by atoms with van der Waals surface area (Å²) in [6.45, 7) is 2.50. The molecule has 1 aromatic heterocycles. The molecule has 0 atom stereocenters. The van der Waals surface area contributed by atoms with Gasteiger partial charge in [-0.05, 0) is 49.6 Å². The lowest BCUT2D eigenvalue weighted by molar-refractivity contribution is 0.130. The lowest BCUT2D eigenvalue weighted by Gasteiger charge is -2.31. The van der Waals surface area contributed by atoms with Crippen molar-refractivity contribution in [3.63, 3.8) is 0 Å². The number of aromatic nitrogens is 2. The minimum absolute atomic E-state index is 0.0950. The third-order valence-electron chi connectivity index (χ3n) is 4.95. The summed E-state index contributed by atoms with van der Waals surface area (Å²) in [6, 6.07) is 12.6. The molecular formula is C20H20ClN3O3S. The van der Waals surface area contributed by atoms with Gasteiger partial charge in [-0.1, -0.05) is 29.8 Å². The maximum absolute atomic E-state index is 13.0. The predicted molar refractivity (Wildman–Crippen MR) is 108 cm³/mol. The van der Waals surface area contributed by atoms with Gasteiger partial charge in [-0.15, -0.1) is 0 Å². The molecule has 2 aromatic carbocycles. The van der Waals surface area contributed by atoms with E-state index in [-0.39, 0.29) is 11.0 Å². The molecule has 28 heavy (non-hydrogen) atoms. The maximum atomic E-state index is 13.0. The predicted octanol–water partition coefficient (Wildman–Crippen LogP) is 3.82. The molecule has 1 fully saturated rings. The van der Waals surface area contributed by atoms with Crippen molar-refractivity contribution in [1.29, 1.82) is 0 Å². The standard InChI is InChI=1S/C20H20ClN3O3S/c1-14-16(21)5-4-8-19(14)28(25,26)24-11-9-15(10-12-24)27-20-13-22-17-6-2-3-7-18(17)23-20/h2-8,13,15H,9-12H2,1H3. The van der Waals surface area contributed by atoms with Crippen LogP contribution in [0.3, 0.4) is 0 Å². The summed E-state index contributed by atoms with van der Waals surface area (Å²) in [7, 11) is -3.57. The fourth-order valence-electron chi connectivity index (χ4n) is 3.36. The largest absolute Gasteiger partial charge is 0.473 e. The van der Waals surface area contributed by atoms with Gasteiger partial charge < -0.3 is 4.74 Å². The van der Waals surface area contributed by atoms with Crippen molar-refractivity contribution in [3.05, 3.63) is 59.2 Å². The molecule has 0 radical (unpaired) electrons. The number of ether oxygens (including phenoxy) is 1. The van der Waals surface area contributed by atoms with Gasteiger partial charge in [0.15, 0.2) is 0 Å². The Morgan fingerprint density at radius 2 is 1.79 bits per heavy atom. The summed E-state index contributed by atoms with van der Waals surface area (Å²) in [6.07, 6.45) is 2.70. The van der Waals surface area contributed by atoms with Crippen LogP contribution in [0.25, 0.3) is 11.0 Å². The molecule has 2 heterocycles. The van der Waals surface area contributed by atoms with Crippen molar-refractivity contribution in [2.24, 2.45) is 0 Å². The Morgan fingerprint density at radius 1 is 1.07 bits per heavy atom. The summed E-state index contributed by atoms with van der Waals surface area (Å²) in [5.74, 6) is 0.464. The number of sulfonamides is 1. The Balaban J connectivity index is 1.44. The molecule has 0 unspecified atom stereocenters. The maximum Gasteiger partial charge on any atom is 0.243 e. The second-order valence-corrected chi connectivity index (χ2v) is 9.09. The lowest BCUT2D eigenvalue weighted by Crippen LogP contribution is -2.42. The van der Waals surface area contributed by atoms with E-state index in [2.05, 4.69) is 9.97 Å². The summed E-state index contributed by atoms with van der Waals surface area (Å²) in [5.41, 5.74) is 2.16. The Hall–Kier alpha value is -2.22. The highest BCUT2D eigenvalue weighted by molar-refractivity contribution is 7.89. The van der Waals surface area contributed by atoms with Gasteiger partial charge in [-0.25, -0.2) is 18.4 Å². The molecule has 0 N–H and O–H groups in total. The number of rotatable bonds is 4. The molecule has 3 aromatic rings. The Kier molecular flexibility index (Phi) is 5.23. The normalized spacial score (nSPS) is 16.4. The van der Waals surface area contributed by atoms with Crippen LogP contribution < -0.4 is 4.74 Å². The first-order valence-corrected chi connectivity index (χ1v) is 10.9. The topological polar surface area (TPSA) is 72.4 Å². The van der Waals surface area contributed by atoms with Crippen LogP contribution in [0, 0.1) is 6.92 Å². The first kappa shape index (κ1) is 19.1. The molecule has 0 aliphatic carbocycles. The molecule has 0 bridgehead atoms. The van der Waals surface area contributed by atoms with E-state index in [4.69, 9.17) is 16.3 Å².